The summed E-state index contributed by atoms with van der Waals surface area (Å²) < 4.78 is 28.2. The number of carbonyl (C=O) groups is 2. The maximum atomic E-state index is 11.4. The Hall–Kier alpha value is -1.19. The molecule has 1 unspecified atom stereocenters. The van der Waals surface area contributed by atoms with Gasteiger partial charge in [0.25, 0.3) is 0 Å². The molecule has 1 amide bonds. The Labute approximate surface area is 106 Å². The monoisotopic (exact) mass is 282 g/mol. The molecule has 18 heavy (non-hydrogen) atoms. The molecule has 0 aromatic carbocycles. The minimum Gasteiger partial charge on any atom is -0.479 e. The Morgan fingerprint density at radius 1 is 1.44 bits per heavy atom. The number of likely N-dealkylation sites (N-methyl/N-ethyl adjacent to an activating group) is 1. The minimum absolute atomic E-state index is 0.105. The van der Waals surface area contributed by atoms with Gasteiger partial charge in [0.1, 0.15) is 0 Å². The molecule has 0 aliphatic carbocycles. The van der Waals surface area contributed by atoms with Gasteiger partial charge in [-0.05, 0) is 6.92 Å². The van der Waals surface area contributed by atoms with Crippen molar-refractivity contribution in [3.05, 3.63) is 0 Å². The highest BCUT2D eigenvalue weighted by atomic mass is 32.2. The first-order chi connectivity index (χ1) is 8.24. The van der Waals surface area contributed by atoms with Crippen molar-refractivity contribution in [1.29, 1.82) is 0 Å². The van der Waals surface area contributed by atoms with Gasteiger partial charge < -0.3 is 15.2 Å². The molecule has 0 aliphatic heterocycles. The molecule has 0 aliphatic rings. The van der Waals surface area contributed by atoms with E-state index >= 15 is 0 Å². The van der Waals surface area contributed by atoms with E-state index < -0.39 is 28.0 Å². The lowest BCUT2D eigenvalue weighted by Gasteiger charge is -2.16. The number of ether oxygens (including phenoxy) is 1. The van der Waals surface area contributed by atoms with Gasteiger partial charge in [-0.25, -0.2) is 13.2 Å². The van der Waals surface area contributed by atoms with Crippen molar-refractivity contribution in [1.82, 2.24) is 9.62 Å². The molecule has 0 aromatic heterocycles. The summed E-state index contributed by atoms with van der Waals surface area (Å²) in [5.74, 6) is -1.89. The average Bonchev–Trinajstić information content (AvgIpc) is 2.29. The van der Waals surface area contributed by atoms with Crippen LogP contribution in [0.5, 0.6) is 0 Å². The quantitative estimate of drug-likeness (QED) is 0.559. The maximum Gasteiger partial charge on any atom is 0.334 e. The number of hydrogen-bond acceptors (Lipinski definition) is 5. The summed E-state index contributed by atoms with van der Waals surface area (Å²) in [5, 5.41) is 10.9. The standard InChI is InChI=1S/C9H18N2O6S/c1-4-18(15,16)11(2)6-8(12)10-5-7(17-3)9(13)14/h7H,4-6H2,1-3H3,(H,10,12)(H,13,14). The van der Waals surface area contributed by atoms with Crippen LogP contribution in [0.15, 0.2) is 0 Å². The van der Waals surface area contributed by atoms with Crippen LogP contribution in [-0.4, -0.2) is 68.8 Å². The van der Waals surface area contributed by atoms with Crippen LogP contribution in [0.4, 0.5) is 0 Å². The second kappa shape index (κ2) is 7.29. The number of nitrogens with one attached hydrogen (secondary N) is 1. The molecule has 0 spiro atoms. The fraction of sp³-hybridized carbons (Fsp3) is 0.778. The number of hydrogen-bond donors (Lipinski definition) is 2. The second-order valence-electron chi connectivity index (χ2n) is 3.52. The van der Waals surface area contributed by atoms with E-state index in [1.54, 1.807) is 0 Å². The first-order valence-corrected chi connectivity index (χ1v) is 6.81. The Morgan fingerprint density at radius 3 is 2.39 bits per heavy atom. The van der Waals surface area contributed by atoms with Crippen LogP contribution in [0.25, 0.3) is 0 Å². The maximum absolute atomic E-state index is 11.4. The summed E-state index contributed by atoms with van der Waals surface area (Å²) in [6, 6.07) is 0. The lowest BCUT2D eigenvalue weighted by atomic mass is 10.3. The first kappa shape index (κ1) is 16.8. The van der Waals surface area contributed by atoms with Gasteiger partial charge in [-0.15, -0.1) is 0 Å². The molecule has 0 heterocycles. The summed E-state index contributed by atoms with van der Waals surface area (Å²) in [6.45, 7) is 0.895. The summed E-state index contributed by atoms with van der Waals surface area (Å²) >= 11 is 0. The third kappa shape index (κ3) is 5.43. The molecule has 0 rings (SSSR count). The summed E-state index contributed by atoms with van der Waals surface area (Å²) in [5.41, 5.74) is 0. The number of sulfonamides is 1. The van der Waals surface area contributed by atoms with Crippen LogP contribution in [-0.2, 0) is 24.3 Å². The molecule has 2 N–H and O–H groups in total. The summed E-state index contributed by atoms with van der Waals surface area (Å²) in [6.07, 6.45) is -1.15. The van der Waals surface area contributed by atoms with Gasteiger partial charge in [-0.1, -0.05) is 0 Å². The number of aliphatic carboxylic acids is 1. The number of amides is 1. The van der Waals surface area contributed by atoms with E-state index in [0.717, 1.165) is 4.31 Å². The zero-order chi connectivity index (χ0) is 14.3. The number of nitrogens with zero attached hydrogens (tertiary/aromatic N) is 1. The summed E-state index contributed by atoms with van der Waals surface area (Å²) in [7, 11) is -0.941. The van der Waals surface area contributed by atoms with Gasteiger partial charge >= 0.3 is 5.97 Å². The van der Waals surface area contributed by atoms with Gasteiger partial charge in [0.2, 0.25) is 15.9 Å². The van der Waals surface area contributed by atoms with Crippen molar-refractivity contribution in [2.45, 2.75) is 13.0 Å². The van der Waals surface area contributed by atoms with E-state index in [0.29, 0.717) is 0 Å². The van der Waals surface area contributed by atoms with Gasteiger partial charge in [0.05, 0.1) is 18.8 Å². The molecule has 0 bridgehead atoms. The van der Waals surface area contributed by atoms with Crippen molar-refractivity contribution >= 4 is 21.9 Å². The normalized spacial score (nSPS) is 13.3. The van der Waals surface area contributed by atoms with Crippen LogP contribution in [0.2, 0.25) is 0 Å². The Morgan fingerprint density at radius 2 is 2.00 bits per heavy atom. The van der Waals surface area contributed by atoms with Crippen molar-refractivity contribution in [3.8, 4) is 0 Å². The van der Waals surface area contributed by atoms with Crippen LogP contribution in [0.1, 0.15) is 6.92 Å². The van der Waals surface area contributed by atoms with Gasteiger partial charge in [-0.3, -0.25) is 4.79 Å². The molecular weight excluding hydrogens is 264 g/mol. The van der Waals surface area contributed by atoms with Crippen LogP contribution < -0.4 is 5.32 Å². The lowest BCUT2D eigenvalue weighted by molar-refractivity contribution is -0.148. The SMILES string of the molecule is CCS(=O)(=O)N(C)CC(=O)NCC(OC)C(=O)O. The Balaban J connectivity index is 4.25. The number of rotatable bonds is 8. The first-order valence-electron chi connectivity index (χ1n) is 5.20. The molecule has 0 aromatic rings. The lowest BCUT2D eigenvalue weighted by Crippen LogP contribution is -2.43. The van der Waals surface area contributed by atoms with Crippen molar-refractivity contribution < 1.29 is 27.9 Å². The molecule has 0 saturated heterocycles. The van der Waals surface area contributed by atoms with Crippen molar-refractivity contribution in [3.63, 3.8) is 0 Å². The van der Waals surface area contributed by atoms with E-state index in [9.17, 15) is 18.0 Å². The molecule has 0 radical (unpaired) electrons. The third-order valence-corrected chi connectivity index (χ3v) is 4.06. The van der Waals surface area contributed by atoms with Crippen molar-refractivity contribution in [2.24, 2.45) is 0 Å². The van der Waals surface area contributed by atoms with E-state index in [2.05, 4.69) is 10.1 Å². The predicted molar refractivity (Wildman–Crippen MR) is 63.5 cm³/mol. The summed E-state index contributed by atoms with van der Waals surface area (Å²) in [4.78, 5) is 22.0. The minimum atomic E-state index is -3.43. The number of carboxylic acid groups (broad SMARTS) is 1. The molecule has 0 saturated carbocycles. The largest absolute Gasteiger partial charge is 0.479 e. The van der Waals surface area contributed by atoms with Gasteiger partial charge in [0, 0.05) is 14.2 Å². The predicted octanol–water partition coefficient (Wildman–Crippen LogP) is -1.52. The molecule has 8 nitrogen and oxygen atoms in total. The highest BCUT2D eigenvalue weighted by Crippen LogP contribution is 1.96. The van der Waals surface area contributed by atoms with E-state index in [1.807, 2.05) is 0 Å². The molecule has 9 heteroatoms. The van der Waals surface area contributed by atoms with Crippen LogP contribution >= 0.6 is 0 Å². The van der Waals surface area contributed by atoms with E-state index in [4.69, 9.17) is 5.11 Å². The third-order valence-electron chi connectivity index (χ3n) is 2.25. The molecule has 1 atom stereocenters. The van der Waals surface area contributed by atoms with Crippen molar-refractivity contribution in [2.75, 3.05) is 33.0 Å². The highest BCUT2D eigenvalue weighted by Gasteiger charge is 2.20. The van der Waals surface area contributed by atoms with Gasteiger partial charge in [-0.2, -0.15) is 4.31 Å². The number of methoxy groups -OCH3 is 1. The highest BCUT2D eigenvalue weighted by molar-refractivity contribution is 7.89. The zero-order valence-electron chi connectivity index (χ0n) is 10.5. The smallest absolute Gasteiger partial charge is 0.334 e. The molecule has 0 fully saturated rings. The van der Waals surface area contributed by atoms with E-state index in [1.165, 1.54) is 21.1 Å². The number of carboxylic acids is 1. The van der Waals surface area contributed by atoms with Crippen LogP contribution in [0, 0.1) is 0 Å². The Kier molecular flexibility index (Phi) is 6.81. The molecular formula is C9H18N2O6S. The van der Waals surface area contributed by atoms with Gasteiger partial charge in [0.15, 0.2) is 6.10 Å². The average molecular weight is 282 g/mol. The van der Waals surface area contributed by atoms with E-state index in [-0.39, 0.29) is 18.8 Å². The zero-order valence-corrected chi connectivity index (χ0v) is 11.4. The fourth-order valence-corrected chi connectivity index (χ4v) is 1.81. The molecule has 106 valence electrons. The topological polar surface area (TPSA) is 113 Å². The van der Waals surface area contributed by atoms with Crippen LogP contribution in [0.3, 0.4) is 0 Å². The Bertz CT molecular complexity index is 394. The number of carbonyl (C=O) groups excluding carboxylic acids is 1. The second-order valence-corrected chi connectivity index (χ2v) is 5.89. The fourth-order valence-electron chi connectivity index (χ4n) is 1.05.